The molecule has 1 heterocycles. The van der Waals surface area contributed by atoms with Crippen LogP contribution in [-0.2, 0) is 4.79 Å². The topological polar surface area (TPSA) is 32.3 Å². The Balaban J connectivity index is 0.00000162. The first-order valence-electron chi connectivity index (χ1n) is 6.36. The molecular weight excluding hydrogens is 262 g/mol. The molecule has 0 radical (unpaired) electrons. The van der Waals surface area contributed by atoms with Crippen LogP contribution >= 0.6 is 12.4 Å². The monoisotopic (exact) mass is 282 g/mol. The van der Waals surface area contributed by atoms with E-state index in [9.17, 15) is 13.6 Å². The average molecular weight is 283 g/mol. The predicted molar refractivity (Wildman–Crippen MR) is 68.2 cm³/mol. The maximum atomic E-state index is 13.0. The summed E-state index contributed by atoms with van der Waals surface area (Å²) in [6, 6.07) is 0.365. The molecule has 3 nitrogen and oxygen atoms in total. The molecule has 2 fully saturated rings. The van der Waals surface area contributed by atoms with E-state index in [4.69, 9.17) is 0 Å². The van der Waals surface area contributed by atoms with Crippen molar-refractivity contribution in [3.63, 3.8) is 0 Å². The Kier molecular flexibility index (Phi) is 5.34. The fourth-order valence-corrected chi connectivity index (χ4v) is 2.74. The van der Waals surface area contributed by atoms with Crippen LogP contribution in [0, 0.1) is 5.92 Å². The van der Waals surface area contributed by atoms with Crippen LogP contribution in [0.5, 0.6) is 0 Å². The molecule has 2 aliphatic rings. The van der Waals surface area contributed by atoms with Crippen LogP contribution in [0.1, 0.15) is 32.1 Å². The van der Waals surface area contributed by atoms with E-state index in [2.05, 4.69) is 5.32 Å². The number of hydrogen-bond acceptors (Lipinski definition) is 2. The summed E-state index contributed by atoms with van der Waals surface area (Å²) in [5.41, 5.74) is 0. The van der Waals surface area contributed by atoms with Crippen LogP contribution in [0.2, 0.25) is 0 Å². The van der Waals surface area contributed by atoms with Crippen LogP contribution in [0.4, 0.5) is 8.78 Å². The number of likely N-dealkylation sites (tertiary alicyclic amines) is 1. The van der Waals surface area contributed by atoms with Gasteiger partial charge < -0.3 is 10.2 Å². The van der Waals surface area contributed by atoms with Crippen LogP contribution in [0.25, 0.3) is 0 Å². The molecule has 18 heavy (non-hydrogen) atoms. The van der Waals surface area contributed by atoms with E-state index in [-0.39, 0.29) is 37.1 Å². The van der Waals surface area contributed by atoms with Gasteiger partial charge in [0, 0.05) is 37.9 Å². The van der Waals surface area contributed by atoms with Gasteiger partial charge in [-0.1, -0.05) is 0 Å². The van der Waals surface area contributed by atoms with Crippen LogP contribution < -0.4 is 5.32 Å². The van der Waals surface area contributed by atoms with Gasteiger partial charge in [0.25, 0.3) is 0 Å². The number of hydrogen-bond donors (Lipinski definition) is 1. The molecule has 6 heteroatoms. The fraction of sp³-hybridized carbons (Fsp3) is 0.917. The van der Waals surface area contributed by atoms with Crippen molar-refractivity contribution in [2.45, 2.75) is 44.1 Å². The van der Waals surface area contributed by atoms with E-state index >= 15 is 0 Å². The molecule has 1 atom stereocenters. The number of nitrogens with zero attached hydrogens (tertiary/aromatic N) is 1. The van der Waals surface area contributed by atoms with E-state index in [1.165, 1.54) is 0 Å². The van der Waals surface area contributed by atoms with Gasteiger partial charge in [-0.3, -0.25) is 4.79 Å². The largest absolute Gasteiger partial charge is 0.341 e. The summed E-state index contributed by atoms with van der Waals surface area (Å²) in [6.45, 7) is 1.49. The molecule has 1 aliphatic heterocycles. The first kappa shape index (κ1) is 15.6. The van der Waals surface area contributed by atoms with E-state index in [0.717, 1.165) is 19.5 Å². The summed E-state index contributed by atoms with van der Waals surface area (Å²) < 4.78 is 26.0. The second-order valence-electron chi connectivity index (χ2n) is 5.19. The van der Waals surface area contributed by atoms with Gasteiger partial charge in [-0.15, -0.1) is 12.4 Å². The zero-order valence-corrected chi connectivity index (χ0v) is 11.4. The van der Waals surface area contributed by atoms with Crippen molar-refractivity contribution < 1.29 is 13.6 Å². The minimum atomic E-state index is -2.55. The molecule has 2 rings (SSSR count). The second-order valence-corrected chi connectivity index (χ2v) is 5.19. The van der Waals surface area contributed by atoms with Crippen molar-refractivity contribution in [1.29, 1.82) is 0 Å². The smallest absolute Gasteiger partial charge is 0.248 e. The third-order valence-electron chi connectivity index (χ3n) is 3.97. The standard InChI is InChI=1S/C12H20F2N2O.ClH/c1-15-10-4-7-16(8-10)11(17)9-2-5-12(13,14)6-3-9;/h9-10,15H,2-8H2,1H3;1H/t10-;/m1./s1. The molecule has 106 valence electrons. The van der Waals surface area contributed by atoms with E-state index < -0.39 is 5.92 Å². The molecule has 0 aromatic heterocycles. The molecule has 1 saturated carbocycles. The minimum Gasteiger partial charge on any atom is -0.341 e. The Labute approximate surface area is 113 Å². The summed E-state index contributed by atoms with van der Waals surface area (Å²) in [4.78, 5) is 14.0. The molecule has 1 saturated heterocycles. The summed E-state index contributed by atoms with van der Waals surface area (Å²) in [5, 5.41) is 3.15. The molecule has 1 N–H and O–H groups in total. The van der Waals surface area contributed by atoms with Gasteiger partial charge in [-0.25, -0.2) is 8.78 Å². The predicted octanol–water partition coefficient (Wildman–Crippen LogP) is 2.05. The number of likely N-dealkylation sites (N-methyl/N-ethyl adjacent to an activating group) is 1. The maximum absolute atomic E-state index is 13.0. The number of amides is 1. The van der Waals surface area contributed by atoms with Gasteiger partial charge in [0.05, 0.1) is 0 Å². The lowest BCUT2D eigenvalue weighted by Crippen LogP contribution is -2.39. The minimum absolute atomic E-state index is 0. The SMILES string of the molecule is CN[C@@H]1CCN(C(=O)C2CCC(F)(F)CC2)C1.Cl. The van der Waals surface area contributed by atoms with Crippen LogP contribution in [0.3, 0.4) is 0 Å². The number of nitrogens with one attached hydrogen (secondary N) is 1. The van der Waals surface area contributed by atoms with Crippen molar-refractivity contribution in [2.75, 3.05) is 20.1 Å². The Hall–Kier alpha value is -0.420. The Bertz CT molecular complexity index is 292. The highest BCUT2D eigenvalue weighted by molar-refractivity contribution is 5.85. The van der Waals surface area contributed by atoms with Crippen LogP contribution in [-0.4, -0.2) is 42.9 Å². The highest BCUT2D eigenvalue weighted by Crippen LogP contribution is 2.37. The molecule has 0 bridgehead atoms. The molecule has 1 amide bonds. The molecule has 1 aliphatic carbocycles. The van der Waals surface area contributed by atoms with Gasteiger partial charge >= 0.3 is 0 Å². The molecule has 0 aromatic rings. The zero-order valence-electron chi connectivity index (χ0n) is 10.6. The second kappa shape index (κ2) is 6.15. The quantitative estimate of drug-likeness (QED) is 0.841. The highest BCUT2D eigenvalue weighted by atomic mass is 35.5. The number of carbonyl (C=O) groups excluding carboxylic acids is 1. The normalized spacial score (nSPS) is 27.9. The number of halogens is 3. The number of rotatable bonds is 2. The number of alkyl halides is 2. The maximum Gasteiger partial charge on any atom is 0.248 e. The van der Waals surface area contributed by atoms with Crippen molar-refractivity contribution in [3.8, 4) is 0 Å². The Morgan fingerprint density at radius 2 is 1.89 bits per heavy atom. The third-order valence-corrected chi connectivity index (χ3v) is 3.97. The summed E-state index contributed by atoms with van der Waals surface area (Å²) >= 11 is 0. The van der Waals surface area contributed by atoms with E-state index in [1.54, 1.807) is 0 Å². The van der Waals surface area contributed by atoms with Gasteiger partial charge in [0.1, 0.15) is 0 Å². The molecule has 0 unspecified atom stereocenters. The van der Waals surface area contributed by atoms with E-state index in [0.29, 0.717) is 18.9 Å². The van der Waals surface area contributed by atoms with Crippen LogP contribution in [0.15, 0.2) is 0 Å². The Morgan fingerprint density at radius 3 is 2.39 bits per heavy atom. The first-order chi connectivity index (χ1) is 8.02. The zero-order chi connectivity index (χ0) is 12.5. The summed E-state index contributed by atoms with van der Waals surface area (Å²) in [7, 11) is 1.89. The van der Waals surface area contributed by atoms with Gasteiger partial charge in [0.15, 0.2) is 0 Å². The number of carbonyl (C=O) groups is 1. The highest BCUT2D eigenvalue weighted by Gasteiger charge is 2.39. The third kappa shape index (κ3) is 3.54. The lowest BCUT2D eigenvalue weighted by molar-refractivity contribution is -0.138. The summed E-state index contributed by atoms with van der Waals surface area (Å²) in [6.07, 6.45) is 1.38. The summed E-state index contributed by atoms with van der Waals surface area (Å²) in [5.74, 6) is -2.64. The van der Waals surface area contributed by atoms with Gasteiger partial charge in [-0.2, -0.15) is 0 Å². The lowest BCUT2D eigenvalue weighted by atomic mass is 9.86. The fourth-order valence-electron chi connectivity index (χ4n) is 2.74. The van der Waals surface area contributed by atoms with Gasteiger partial charge in [-0.05, 0) is 26.3 Å². The van der Waals surface area contributed by atoms with Crippen molar-refractivity contribution in [2.24, 2.45) is 5.92 Å². The molecule has 0 spiro atoms. The van der Waals surface area contributed by atoms with E-state index in [1.807, 2.05) is 11.9 Å². The average Bonchev–Trinajstić information content (AvgIpc) is 2.76. The lowest BCUT2D eigenvalue weighted by Gasteiger charge is -2.30. The van der Waals surface area contributed by atoms with Crippen molar-refractivity contribution in [1.82, 2.24) is 10.2 Å². The molecule has 0 aromatic carbocycles. The van der Waals surface area contributed by atoms with Crippen molar-refractivity contribution in [3.05, 3.63) is 0 Å². The van der Waals surface area contributed by atoms with Crippen molar-refractivity contribution >= 4 is 18.3 Å². The molecular formula is C12H21ClF2N2O. The van der Waals surface area contributed by atoms with Gasteiger partial charge in [0.2, 0.25) is 11.8 Å². The Morgan fingerprint density at radius 1 is 1.28 bits per heavy atom. The first-order valence-corrected chi connectivity index (χ1v) is 6.36.